The Bertz CT molecular complexity index is 575. The van der Waals surface area contributed by atoms with E-state index in [0.29, 0.717) is 24.7 Å². The molecule has 0 bridgehead atoms. The molecule has 0 amide bonds. The molecule has 0 unspecified atom stereocenters. The average molecular weight is 254 g/mol. The Kier molecular flexibility index (Phi) is 4.29. The van der Waals surface area contributed by atoms with E-state index in [1.165, 1.54) is 0 Å². The second-order valence-electron chi connectivity index (χ2n) is 3.83. The molecule has 0 saturated heterocycles. The summed E-state index contributed by atoms with van der Waals surface area (Å²) < 4.78 is 5.27. The Balaban J connectivity index is 1.96. The third-order valence-corrected chi connectivity index (χ3v) is 2.46. The minimum atomic E-state index is 0.420. The smallest absolute Gasteiger partial charge is 0.213 e. The van der Waals surface area contributed by atoms with Crippen molar-refractivity contribution in [1.82, 2.24) is 9.97 Å². The van der Waals surface area contributed by atoms with Gasteiger partial charge in [0.15, 0.2) is 0 Å². The first kappa shape index (κ1) is 12.8. The quantitative estimate of drug-likeness (QED) is 0.886. The van der Waals surface area contributed by atoms with E-state index < -0.39 is 0 Å². The van der Waals surface area contributed by atoms with Crippen LogP contribution in [-0.2, 0) is 6.54 Å². The molecule has 2 heterocycles. The van der Waals surface area contributed by atoms with E-state index in [4.69, 9.17) is 10.00 Å². The van der Waals surface area contributed by atoms with Crippen molar-refractivity contribution < 1.29 is 4.74 Å². The van der Waals surface area contributed by atoms with Gasteiger partial charge >= 0.3 is 0 Å². The van der Waals surface area contributed by atoms with Crippen molar-refractivity contribution in [3.05, 3.63) is 47.9 Å². The summed E-state index contributed by atoms with van der Waals surface area (Å²) in [6.07, 6.45) is 3.35. The number of anilines is 1. The van der Waals surface area contributed by atoms with Crippen LogP contribution in [0.4, 0.5) is 5.69 Å². The minimum absolute atomic E-state index is 0.420. The van der Waals surface area contributed by atoms with Gasteiger partial charge in [-0.05, 0) is 30.7 Å². The lowest BCUT2D eigenvalue weighted by Crippen LogP contribution is -2.01. The first-order valence-corrected chi connectivity index (χ1v) is 5.99. The van der Waals surface area contributed by atoms with Crippen LogP contribution in [0, 0.1) is 11.3 Å². The fraction of sp³-hybridized carbons (Fsp3) is 0.214. The molecule has 0 radical (unpaired) electrons. The zero-order valence-corrected chi connectivity index (χ0v) is 10.6. The summed E-state index contributed by atoms with van der Waals surface area (Å²) in [4.78, 5) is 8.09. The highest BCUT2D eigenvalue weighted by Crippen LogP contribution is 2.12. The molecule has 19 heavy (non-hydrogen) atoms. The molecular weight excluding hydrogens is 240 g/mol. The molecule has 0 aliphatic rings. The van der Waals surface area contributed by atoms with Crippen molar-refractivity contribution in [1.29, 1.82) is 5.26 Å². The van der Waals surface area contributed by atoms with Crippen LogP contribution >= 0.6 is 0 Å². The van der Waals surface area contributed by atoms with Crippen molar-refractivity contribution >= 4 is 5.69 Å². The number of rotatable bonds is 5. The second kappa shape index (κ2) is 6.36. The lowest BCUT2D eigenvalue weighted by Gasteiger charge is -2.07. The molecule has 0 aliphatic carbocycles. The number of ether oxygens (including phenoxy) is 1. The van der Waals surface area contributed by atoms with Crippen LogP contribution in [0.15, 0.2) is 36.7 Å². The Hall–Kier alpha value is -2.61. The Morgan fingerprint density at radius 2 is 2.21 bits per heavy atom. The van der Waals surface area contributed by atoms with Gasteiger partial charge < -0.3 is 10.1 Å². The summed E-state index contributed by atoms with van der Waals surface area (Å²) in [6, 6.07) is 9.37. The average Bonchev–Trinajstić information content (AvgIpc) is 2.47. The summed E-state index contributed by atoms with van der Waals surface area (Å²) in [6.45, 7) is 3.14. The third-order valence-electron chi connectivity index (χ3n) is 2.46. The number of pyridine rings is 2. The zero-order chi connectivity index (χ0) is 13.5. The van der Waals surface area contributed by atoms with Crippen LogP contribution in [-0.4, -0.2) is 16.6 Å². The third kappa shape index (κ3) is 3.68. The van der Waals surface area contributed by atoms with Crippen molar-refractivity contribution in [2.75, 3.05) is 11.9 Å². The largest absolute Gasteiger partial charge is 0.478 e. The van der Waals surface area contributed by atoms with Gasteiger partial charge in [-0.15, -0.1) is 0 Å². The van der Waals surface area contributed by atoms with Gasteiger partial charge in [0, 0.05) is 18.8 Å². The van der Waals surface area contributed by atoms with Gasteiger partial charge in [0.25, 0.3) is 0 Å². The van der Waals surface area contributed by atoms with Crippen LogP contribution < -0.4 is 10.1 Å². The standard InChI is InChI=1S/C14H14N4O/c1-2-19-14-4-3-12(10-18-14)17-9-11-5-6-16-13(7-11)8-15/h3-7,10,17H,2,9H2,1H3. The van der Waals surface area contributed by atoms with E-state index in [2.05, 4.69) is 15.3 Å². The van der Waals surface area contributed by atoms with Crippen LogP contribution in [0.5, 0.6) is 5.88 Å². The zero-order valence-electron chi connectivity index (χ0n) is 10.6. The molecule has 2 rings (SSSR count). The molecule has 2 aromatic heterocycles. The van der Waals surface area contributed by atoms with Gasteiger partial charge in [0.2, 0.25) is 5.88 Å². The first-order valence-electron chi connectivity index (χ1n) is 5.99. The van der Waals surface area contributed by atoms with Gasteiger partial charge in [0.05, 0.1) is 18.5 Å². The normalized spacial score (nSPS) is 9.68. The molecular formula is C14H14N4O. The minimum Gasteiger partial charge on any atom is -0.478 e. The number of nitrogens with zero attached hydrogens (tertiary/aromatic N) is 3. The van der Waals surface area contributed by atoms with Gasteiger partial charge in [-0.2, -0.15) is 5.26 Å². The predicted molar refractivity (Wildman–Crippen MR) is 71.7 cm³/mol. The molecule has 0 spiro atoms. The Morgan fingerprint density at radius 1 is 1.32 bits per heavy atom. The van der Waals surface area contributed by atoms with Crippen LogP contribution in [0.25, 0.3) is 0 Å². The Morgan fingerprint density at radius 3 is 2.89 bits per heavy atom. The Labute approximate surface area is 111 Å². The summed E-state index contributed by atoms with van der Waals surface area (Å²) in [5, 5.41) is 12.0. The number of aromatic nitrogens is 2. The van der Waals surface area contributed by atoms with E-state index in [1.54, 1.807) is 18.5 Å². The molecule has 96 valence electrons. The van der Waals surface area contributed by atoms with E-state index >= 15 is 0 Å². The van der Waals surface area contributed by atoms with Gasteiger partial charge in [-0.1, -0.05) is 0 Å². The molecule has 5 heteroatoms. The molecule has 0 atom stereocenters. The van der Waals surface area contributed by atoms with Crippen LogP contribution in [0.2, 0.25) is 0 Å². The highest BCUT2D eigenvalue weighted by molar-refractivity contribution is 5.43. The van der Waals surface area contributed by atoms with E-state index in [1.807, 2.05) is 31.2 Å². The van der Waals surface area contributed by atoms with E-state index in [-0.39, 0.29) is 0 Å². The summed E-state index contributed by atoms with van der Waals surface area (Å²) in [7, 11) is 0. The number of hydrogen-bond donors (Lipinski definition) is 1. The summed E-state index contributed by atoms with van der Waals surface area (Å²) in [5.41, 5.74) is 2.32. The fourth-order valence-corrected chi connectivity index (χ4v) is 1.57. The number of nitriles is 1. The van der Waals surface area contributed by atoms with Crippen molar-refractivity contribution in [2.45, 2.75) is 13.5 Å². The highest BCUT2D eigenvalue weighted by Gasteiger charge is 1.98. The van der Waals surface area contributed by atoms with Gasteiger partial charge in [-0.25, -0.2) is 9.97 Å². The first-order chi connectivity index (χ1) is 9.31. The topological polar surface area (TPSA) is 70.8 Å². The van der Waals surface area contributed by atoms with Crippen molar-refractivity contribution in [3.8, 4) is 11.9 Å². The van der Waals surface area contributed by atoms with Gasteiger partial charge in [-0.3, -0.25) is 0 Å². The number of hydrogen-bond acceptors (Lipinski definition) is 5. The number of nitrogens with one attached hydrogen (secondary N) is 1. The van der Waals surface area contributed by atoms with E-state index in [9.17, 15) is 0 Å². The maximum atomic E-state index is 8.77. The monoisotopic (exact) mass is 254 g/mol. The van der Waals surface area contributed by atoms with Crippen LogP contribution in [0.1, 0.15) is 18.2 Å². The molecule has 2 aromatic rings. The maximum Gasteiger partial charge on any atom is 0.213 e. The second-order valence-corrected chi connectivity index (χ2v) is 3.83. The van der Waals surface area contributed by atoms with Crippen molar-refractivity contribution in [3.63, 3.8) is 0 Å². The SMILES string of the molecule is CCOc1ccc(NCc2ccnc(C#N)c2)cn1. The van der Waals surface area contributed by atoms with Crippen molar-refractivity contribution in [2.24, 2.45) is 0 Å². The molecule has 0 aliphatic heterocycles. The molecule has 5 nitrogen and oxygen atoms in total. The lowest BCUT2D eigenvalue weighted by atomic mass is 10.2. The molecule has 0 saturated carbocycles. The molecule has 1 N–H and O–H groups in total. The molecule has 0 fully saturated rings. The van der Waals surface area contributed by atoms with Crippen LogP contribution in [0.3, 0.4) is 0 Å². The fourth-order valence-electron chi connectivity index (χ4n) is 1.57. The predicted octanol–water partition coefficient (Wildman–Crippen LogP) is 2.36. The van der Waals surface area contributed by atoms with E-state index in [0.717, 1.165) is 11.3 Å². The highest BCUT2D eigenvalue weighted by atomic mass is 16.5. The maximum absolute atomic E-state index is 8.77. The summed E-state index contributed by atoms with van der Waals surface area (Å²) in [5.74, 6) is 0.615. The van der Waals surface area contributed by atoms with Gasteiger partial charge in [0.1, 0.15) is 11.8 Å². The summed E-state index contributed by atoms with van der Waals surface area (Å²) >= 11 is 0. The lowest BCUT2D eigenvalue weighted by molar-refractivity contribution is 0.327. The molecule has 0 aromatic carbocycles.